The molecule has 0 radical (unpaired) electrons. The van der Waals surface area contributed by atoms with E-state index in [1.54, 1.807) is 5.38 Å². The minimum absolute atomic E-state index is 0.0939. The van der Waals surface area contributed by atoms with Gasteiger partial charge in [-0.15, -0.1) is 11.3 Å². The summed E-state index contributed by atoms with van der Waals surface area (Å²) in [5.74, 6) is -0.0821. The summed E-state index contributed by atoms with van der Waals surface area (Å²) in [6.07, 6.45) is 0.615. The molecule has 0 bridgehead atoms. The monoisotopic (exact) mass is 319 g/mol. The minimum Gasteiger partial charge on any atom is -0.396 e. The Morgan fingerprint density at radius 2 is 2.14 bits per heavy atom. The smallest absolute Gasteiger partial charge is 0.270 e. The standard InChI is InChI=1S/C16H21N3O2S/c1-2-17-16-19-14(11-22-16)15(21)18-10-13(8-9-20)12-6-4-3-5-7-12/h3-7,11,13,20H,2,8-10H2,1H3,(H,17,19)(H,18,21). The predicted octanol–water partition coefficient (Wildman–Crippen LogP) is 2.47. The summed E-state index contributed by atoms with van der Waals surface area (Å²) in [4.78, 5) is 16.4. The van der Waals surface area contributed by atoms with E-state index < -0.39 is 0 Å². The second-order valence-electron chi connectivity index (χ2n) is 4.90. The van der Waals surface area contributed by atoms with Gasteiger partial charge in [-0.05, 0) is 18.9 Å². The Kier molecular flexibility index (Phi) is 6.36. The third-order valence-electron chi connectivity index (χ3n) is 3.32. The van der Waals surface area contributed by atoms with E-state index in [-0.39, 0.29) is 18.4 Å². The first-order valence-electron chi connectivity index (χ1n) is 7.38. The van der Waals surface area contributed by atoms with E-state index in [2.05, 4.69) is 15.6 Å². The van der Waals surface area contributed by atoms with E-state index >= 15 is 0 Å². The zero-order valence-corrected chi connectivity index (χ0v) is 13.4. The lowest BCUT2D eigenvalue weighted by molar-refractivity contribution is 0.0945. The molecule has 1 unspecified atom stereocenters. The molecule has 6 heteroatoms. The molecule has 1 amide bonds. The number of amides is 1. The highest BCUT2D eigenvalue weighted by atomic mass is 32.1. The van der Waals surface area contributed by atoms with Crippen LogP contribution >= 0.6 is 11.3 Å². The third-order valence-corrected chi connectivity index (χ3v) is 4.12. The fraction of sp³-hybridized carbons (Fsp3) is 0.375. The van der Waals surface area contributed by atoms with Crippen LogP contribution in [0.25, 0.3) is 0 Å². The number of rotatable bonds is 8. The van der Waals surface area contributed by atoms with Crippen LogP contribution < -0.4 is 10.6 Å². The molecule has 0 aliphatic rings. The van der Waals surface area contributed by atoms with Gasteiger partial charge in [-0.2, -0.15) is 0 Å². The molecule has 118 valence electrons. The number of carbonyl (C=O) groups is 1. The van der Waals surface area contributed by atoms with E-state index in [0.717, 1.165) is 17.2 Å². The van der Waals surface area contributed by atoms with Crippen LogP contribution in [-0.2, 0) is 0 Å². The van der Waals surface area contributed by atoms with Crippen molar-refractivity contribution in [1.82, 2.24) is 10.3 Å². The highest BCUT2D eigenvalue weighted by Crippen LogP contribution is 2.19. The Hall–Kier alpha value is -1.92. The zero-order valence-electron chi connectivity index (χ0n) is 12.6. The molecule has 1 aromatic carbocycles. The fourth-order valence-electron chi connectivity index (χ4n) is 2.18. The molecule has 0 aliphatic carbocycles. The van der Waals surface area contributed by atoms with Crippen molar-refractivity contribution in [1.29, 1.82) is 0 Å². The fourth-order valence-corrected chi connectivity index (χ4v) is 2.95. The van der Waals surface area contributed by atoms with Gasteiger partial charge < -0.3 is 15.7 Å². The molecule has 3 N–H and O–H groups in total. The lowest BCUT2D eigenvalue weighted by Crippen LogP contribution is -2.29. The second-order valence-corrected chi connectivity index (χ2v) is 5.76. The van der Waals surface area contributed by atoms with Gasteiger partial charge in [0.1, 0.15) is 5.69 Å². The molecule has 0 fully saturated rings. The first-order chi connectivity index (χ1) is 10.7. The molecule has 1 atom stereocenters. The Labute approximate surface area is 134 Å². The van der Waals surface area contributed by atoms with Gasteiger partial charge in [0, 0.05) is 31.0 Å². The molecule has 0 saturated heterocycles. The summed E-state index contributed by atoms with van der Waals surface area (Å²) in [5, 5.41) is 17.7. The van der Waals surface area contributed by atoms with Crippen LogP contribution in [0.15, 0.2) is 35.7 Å². The average molecular weight is 319 g/mol. The molecular weight excluding hydrogens is 298 g/mol. The molecular formula is C16H21N3O2S. The molecule has 0 spiro atoms. The molecule has 0 aliphatic heterocycles. The number of aromatic nitrogens is 1. The minimum atomic E-state index is -0.181. The van der Waals surface area contributed by atoms with Gasteiger partial charge in [0.2, 0.25) is 0 Å². The summed E-state index contributed by atoms with van der Waals surface area (Å²) in [6, 6.07) is 9.90. The van der Waals surface area contributed by atoms with Crippen LogP contribution in [0.5, 0.6) is 0 Å². The highest BCUT2D eigenvalue weighted by molar-refractivity contribution is 7.13. The molecule has 5 nitrogen and oxygen atoms in total. The van der Waals surface area contributed by atoms with Crippen molar-refractivity contribution in [2.45, 2.75) is 19.3 Å². The van der Waals surface area contributed by atoms with Crippen LogP contribution in [0.4, 0.5) is 5.13 Å². The van der Waals surface area contributed by atoms with E-state index in [9.17, 15) is 9.90 Å². The SMILES string of the molecule is CCNc1nc(C(=O)NCC(CCO)c2ccccc2)cs1. The number of carbonyl (C=O) groups excluding carboxylic acids is 1. The van der Waals surface area contributed by atoms with E-state index in [4.69, 9.17) is 0 Å². The number of hydrogen-bond donors (Lipinski definition) is 3. The summed E-state index contributed by atoms with van der Waals surface area (Å²) in [5.41, 5.74) is 1.54. The van der Waals surface area contributed by atoms with Crippen molar-refractivity contribution in [3.8, 4) is 0 Å². The first-order valence-corrected chi connectivity index (χ1v) is 8.26. The van der Waals surface area contributed by atoms with Gasteiger partial charge in [-0.1, -0.05) is 30.3 Å². The molecule has 2 aromatic rings. The largest absolute Gasteiger partial charge is 0.396 e. The van der Waals surface area contributed by atoms with E-state index in [1.807, 2.05) is 37.3 Å². The highest BCUT2D eigenvalue weighted by Gasteiger charge is 2.15. The number of aliphatic hydroxyl groups is 1. The Balaban J connectivity index is 1.95. The number of thiazole rings is 1. The summed E-state index contributed by atoms with van der Waals surface area (Å²) >= 11 is 1.42. The maximum atomic E-state index is 12.1. The van der Waals surface area contributed by atoms with Crippen molar-refractivity contribution in [2.24, 2.45) is 0 Å². The lowest BCUT2D eigenvalue weighted by atomic mass is 9.96. The molecule has 0 saturated carbocycles. The first kappa shape index (κ1) is 16.5. The number of hydrogen-bond acceptors (Lipinski definition) is 5. The van der Waals surface area contributed by atoms with Crippen molar-refractivity contribution >= 4 is 22.4 Å². The van der Waals surface area contributed by atoms with Crippen molar-refractivity contribution in [2.75, 3.05) is 25.0 Å². The van der Waals surface area contributed by atoms with E-state index in [1.165, 1.54) is 11.3 Å². The zero-order chi connectivity index (χ0) is 15.8. The number of benzene rings is 1. The lowest BCUT2D eigenvalue weighted by Gasteiger charge is -2.16. The Bertz CT molecular complexity index is 586. The van der Waals surface area contributed by atoms with Gasteiger partial charge in [0.05, 0.1) is 0 Å². The Morgan fingerprint density at radius 3 is 2.82 bits per heavy atom. The summed E-state index contributed by atoms with van der Waals surface area (Å²) in [7, 11) is 0. The number of nitrogens with one attached hydrogen (secondary N) is 2. The molecule has 22 heavy (non-hydrogen) atoms. The maximum Gasteiger partial charge on any atom is 0.270 e. The Morgan fingerprint density at radius 1 is 1.36 bits per heavy atom. The molecule has 1 aromatic heterocycles. The summed E-state index contributed by atoms with van der Waals surface area (Å²) in [6.45, 7) is 3.34. The number of nitrogens with zero attached hydrogens (tertiary/aromatic N) is 1. The number of aliphatic hydroxyl groups excluding tert-OH is 1. The van der Waals surface area contributed by atoms with Crippen LogP contribution in [0.3, 0.4) is 0 Å². The van der Waals surface area contributed by atoms with Gasteiger partial charge in [-0.25, -0.2) is 4.98 Å². The molecule has 1 heterocycles. The quantitative estimate of drug-likeness (QED) is 0.699. The van der Waals surface area contributed by atoms with Gasteiger partial charge in [0.15, 0.2) is 5.13 Å². The summed E-state index contributed by atoms with van der Waals surface area (Å²) < 4.78 is 0. The van der Waals surface area contributed by atoms with Crippen LogP contribution in [0.1, 0.15) is 35.3 Å². The second kappa shape index (κ2) is 8.51. The van der Waals surface area contributed by atoms with Crippen molar-refractivity contribution in [3.63, 3.8) is 0 Å². The van der Waals surface area contributed by atoms with E-state index in [0.29, 0.717) is 18.7 Å². The normalized spacial score (nSPS) is 11.9. The maximum absolute atomic E-state index is 12.1. The van der Waals surface area contributed by atoms with Gasteiger partial charge >= 0.3 is 0 Å². The molecule has 2 rings (SSSR count). The third kappa shape index (κ3) is 4.54. The van der Waals surface area contributed by atoms with Gasteiger partial charge in [-0.3, -0.25) is 4.79 Å². The van der Waals surface area contributed by atoms with Gasteiger partial charge in [0.25, 0.3) is 5.91 Å². The number of anilines is 1. The van der Waals surface area contributed by atoms with Crippen LogP contribution in [0, 0.1) is 0 Å². The van der Waals surface area contributed by atoms with Crippen LogP contribution in [-0.4, -0.2) is 35.7 Å². The predicted molar refractivity (Wildman–Crippen MR) is 89.5 cm³/mol. The van der Waals surface area contributed by atoms with Crippen molar-refractivity contribution in [3.05, 3.63) is 47.0 Å². The topological polar surface area (TPSA) is 74.2 Å². The van der Waals surface area contributed by atoms with Crippen LogP contribution in [0.2, 0.25) is 0 Å². The van der Waals surface area contributed by atoms with Crippen molar-refractivity contribution < 1.29 is 9.90 Å². The average Bonchev–Trinajstić information content (AvgIpc) is 3.01.